The van der Waals surface area contributed by atoms with E-state index in [0.29, 0.717) is 24.6 Å². The van der Waals surface area contributed by atoms with E-state index in [-0.39, 0.29) is 12.1 Å². The van der Waals surface area contributed by atoms with Crippen LogP contribution in [0.1, 0.15) is 19.8 Å². The molecular weight excluding hydrogens is 194 g/mol. The summed E-state index contributed by atoms with van der Waals surface area (Å²) < 4.78 is 4.80. The summed E-state index contributed by atoms with van der Waals surface area (Å²) in [5.41, 5.74) is 0.455. The Balaban J connectivity index is 2.04. The molecule has 0 aromatic heterocycles. The van der Waals surface area contributed by atoms with Crippen molar-refractivity contribution in [3.8, 4) is 0 Å². The van der Waals surface area contributed by atoms with Crippen molar-refractivity contribution in [1.82, 2.24) is 5.32 Å². The zero-order valence-electron chi connectivity index (χ0n) is 9.16. The van der Waals surface area contributed by atoms with E-state index in [1.807, 2.05) is 0 Å². The summed E-state index contributed by atoms with van der Waals surface area (Å²) in [6.45, 7) is 7.09. The van der Waals surface area contributed by atoms with Crippen molar-refractivity contribution < 1.29 is 14.6 Å². The minimum atomic E-state index is -0.335. The van der Waals surface area contributed by atoms with E-state index in [0.717, 1.165) is 19.4 Å². The van der Waals surface area contributed by atoms with Crippen LogP contribution >= 0.6 is 0 Å². The highest BCUT2D eigenvalue weighted by Gasteiger charge is 2.26. The maximum Gasteiger partial charge on any atom is 0.334 e. The summed E-state index contributed by atoms with van der Waals surface area (Å²) in [6.07, 6.45) is 1.60. The van der Waals surface area contributed by atoms with Crippen LogP contribution in [0.2, 0.25) is 0 Å². The molecule has 4 nitrogen and oxygen atoms in total. The quantitative estimate of drug-likeness (QED) is 0.497. The summed E-state index contributed by atoms with van der Waals surface area (Å²) in [7, 11) is 0. The lowest BCUT2D eigenvalue weighted by Crippen LogP contribution is -2.37. The molecule has 0 amide bonds. The monoisotopic (exact) mass is 213 g/mol. The Morgan fingerprint density at radius 1 is 1.60 bits per heavy atom. The van der Waals surface area contributed by atoms with Crippen molar-refractivity contribution in [3.05, 3.63) is 12.2 Å². The summed E-state index contributed by atoms with van der Waals surface area (Å²) in [5, 5.41) is 12.2. The maximum absolute atomic E-state index is 11.2. The van der Waals surface area contributed by atoms with Crippen LogP contribution in [0.3, 0.4) is 0 Å². The van der Waals surface area contributed by atoms with E-state index < -0.39 is 0 Å². The number of hydrogen-bond donors (Lipinski definition) is 2. The fraction of sp³-hybridized carbons (Fsp3) is 0.727. The van der Waals surface area contributed by atoms with E-state index in [9.17, 15) is 4.79 Å². The third kappa shape index (κ3) is 4.01. The normalized spacial score (nSPS) is 24.4. The molecule has 4 heteroatoms. The Hall–Kier alpha value is -0.870. The number of nitrogens with one attached hydrogen (secondary N) is 1. The second kappa shape index (κ2) is 5.88. The molecule has 1 aliphatic rings. The van der Waals surface area contributed by atoms with Crippen LogP contribution in [0.25, 0.3) is 0 Å². The van der Waals surface area contributed by atoms with Gasteiger partial charge in [0.25, 0.3) is 0 Å². The molecule has 0 heterocycles. The van der Waals surface area contributed by atoms with Gasteiger partial charge in [-0.05, 0) is 32.2 Å². The van der Waals surface area contributed by atoms with Crippen molar-refractivity contribution in [2.75, 3.05) is 19.7 Å². The van der Waals surface area contributed by atoms with Gasteiger partial charge in [0.1, 0.15) is 0 Å². The summed E-state index contributed by atoms with van der Waals surface area (Å²) in [4.78, 5) is 11.2. The minimum Gasteiger partial charge on any atom is -0.463 e. The highest BCUT2D eigenvalue weighted by Crippen LogP contribution is 2.25. The van der Waals surface area contributed by atoms with Gasteiger partial charge in [0.15, 0.2) is 0 Å². The molecule has 0 unspecified atom stereocenters. The van der Waals surface area contributed by atoms with Gasteiger partial charge in [-0.15, -0.1) is 0 Å². The van der Waals surface area contributed by atoms with E-state index in [4.69, 9.17) is 9.84 Å². The number of aliphatic hydroxyl groups excluding tert-OH is 1. The number of aliphatic hydroxyl groups is 1. The van der Waals surface area contributed by atoms with Gasteiger partial charge in [0.05, 0.1) is 12.7 Å². The number of carbonyl (C=O) groups is 1. The smallest absolute Gasteiger partial charge is 0.334 e. The Kier molecular flexibility index (Phi) is 4.78. The zero-order chi connectivity index (χ0) is 11.3. The third-order valence-corrected chi connectivity index (χ3v) is 2.55. The fourth-order valence-corrected chi connectivity index (χ4v) is 1.60. The molecule has 86 valence electrons. The standard InChI is InChI=1S/C11H19NO3/c1-3-15-11(14)8(2)6-12-7-9-4-10(13)5-9/h9-10,12-13H,2-7H2,1H3. The summed E-state index contributed by atoms with van der Waals surface area (Å²) >= 11 is 0. The molecule has 1 saturated carbocycles. The van der Waals surface area contributed by atoms with Crippen molar-refractivity contribution in [1.29, 1.82) is 0 Å². The molecule has 1 rings (SSSR count). The Labute approximate surface area is 90.3 Å². The molecule has 0 spiro atoms. The first-order valence-electron chi connectivity index (χ1n) is 5.37. The fourth-order valence-electron chi connectivity index (χ4n) is 1.60. The molecule has 0 aromatic carbocycles. The van der Waals surface area contributed by atoms with Gasteiger partial charge in [0.2, 0.25) is 0 Å². The van der Waals surface area contributed by atoms with Gasteiger partial charge in [0, 0.05) is 12.1 Å². The highest BCUT2D eigenvalue weighted by atomic mass is 16.5. The average molecular weight is 213 g/mol. The first kappa shape index (κ1) is 12.2. The van der Waals surface area contributed by atoms with Crippen molar-refractivity contribution in [2.24, 2.45) is 5.92 Å². The van der Waals surface area contributed by atoms with Crippen LogP contribution in [0.5, 0.6) is 0 Å². The SMILES string of the molecule is C=C(CNCC1CC(O)C1)C(=O)OCC. The van der Waals surface area contributed by atoms with Crippen LogP contribution in [0.15, 0.2) is 12.2 Å². The lowest BCUT2D eigenvalue weighted by atomic mass is 9.82. The van der Waals surface area contributed by atoms with Crippen molar-refractivity contribution >= 4 is 5.97 Å². The Bertz CT molecular complexity index is 234. The zero-order valence-corrected chi connectivity index (χ0v) is 9.16. The van der Waals surface area contributed by atoms with E-state index >= 15 is 0 Å². The molecule has 0 atom stereocenters. The van der Waals surface area contributed by atoms with Crippen LogP contribution in [-0.2, 0) is 9.53 Å². The van der Waals surface area contributed by atoms with Gasteiger partial charge in [-0.2, -0.15) is 0 Å². The Morgan fingerprint density at radius 2 is 2.27 bits per heavy atom. The molecule has 15 heavy (non-hydrogen) atoms. The summed E-state index contributed by atoms with van der Waals surface area (Å²) in [6, 6.07) is 0. The molecule has 0 saturated heterocycles. The van der Waals surface area contributed by atoms with E-state index in [2.05, 4.69) is 11.9 Å². The average Bonchev–Trinajstić information content (AvgIpc) is 2.15. The molecule has 1 aliphatic carbocycles. The third-order valence-electron chi connectivity index (χ3n) is 2.55. The largest absolute Gasteiger partial charge is 0.463 e. The molecule has 1 fully saturated rings. The number of rotatable bonds is 6. The minimum absolute atomic E-state index is 0.120. The van der Waals surface area contributed by atoms with Crippen LogP contribution < -0.4 is 5.32 Å². The van der Waals surface area contributed by atoms with Crippen LogP contribution in [0.4, 0.5) is 0 Å². The van der Waals surface area contributed by atoms with Gasteiger partial charge < -0.3 is 15.2 Å². The second-order valence-electron chi connectivity index (χ2n) is 3.95. The lowest BCUT2D eigenvalue weighted by molar-refractivity contribution is -0.138. The number of carbonyl (C=O) groups excluding carboxylic acids is 1. The first-order chi connectivity index (χ1) is 7.13. The molecule has 0 aliphatic heterocycles. The highest BCUT2D eigenvalue weighted by molar-refractivity contribution is 5.88. The van der Waals surface area contributed by atoms with Gasteiger partial charge >= 0.3 is 5.97 Å². The van der Waals surface area contributed by atoms with Crippen LogP contribution in [0, 0.1) is 5.92 Å². The Morgan fingerprint density at radius 3 is 2.80 bits per heavy atom. The maximum atomic E-state index is 11.2. The predicted molar refractivity (Wildman–Crippen MR) is 57.4 cm³/mol. The van der Waals surface area contributed by atoms with Gasteiger partial charge in [-0.3, -0.25) is 0 Å². The molecular formula is C11H19NO3. The number of hydrogen-bond acceptors (Lipinski definition) is 4. The van der Waals surface area contributed by atoms with Crippen LogP contribution in [-0.4, -0.2) is 36.9 Å². The van der Waals surface area contributed by atoms with Gasteiger partial charge in [-0.25, -0.2) is 4.79 Å². The topological polar surface area (TPSA) is 58.6 Å². The van der Waals surface area contributed by atoms with Gasteiger partial charge in [-0.1, -0.05) is 6.58 Å². The predicted octanol–water partition coefficient (Wildman–Crippen LogP) is 0.466. The number of esters is 1. The molecule has 0 radical (unpaired) electrons. The van der Waals surface area contributed by atoms with E-state index in [1.54, 1.807) is 6.92 Å². The van der Waals surface area contributed by atoms with Crippen molar-refractivity contribution in [3.63, 3.8) is 0 Å². The molecule has 0 aromatic rings. The molecule has 2 N–H and O–H groups in total. The first-order valence-corrected chi connectivity index (χ1v) is 5.37. The number of ether oxygens (including phenoxy) is 1. The summed E-state index contributed by atoms with van der Waals surface area (Å²) in [5.74, 6) is 0.202. The van der Waals surface area contributed by atoms with E-state index in [1.165, 1.54) is 0 Å². The van der Waals surface area contributed by atoms with Crippen molar-refractivity contribution in [2.45, 2.75) is 25.9 Å². The second-order valence-corrected chi connectivity index (χ2v) is 3.95. The molecule has 0 bridgehead atoms. The lowest BCUT2D eigenvalue weighted by Gasteiger charge is -2.31.